The second-order valence-electron chi connectivity index (χ2n) is 9.70. The summed E-state index contributed by atoms with van der Waals surface area (Å²) in [6.45, 7) is 5.03. The molecule has 0 radical (unpaired) electrons. The predicted molar refractivity (Wildman–Crippen MR) is 136 cm³/mol. The molecule has 3 aromatic rings. The van der Waals surface area contributed by atoms with Gasteiger partial charge in [-0.2, -0.15) is 0 Å². The van der Waals surface area contributed by atoms with E-state index in [9.17, 15) is 9.59 Å². The van der Waals surface area contributed by atoms with Crippen LogP contribution >= 0.6 is 0 Å². The molecule has 35 heavy (non-hydrogen) atoms. The Labute approximate surface area is 207 Å². The Morgan fingerprint density at radius 1 is 1.03 bits per heavy atom. The molecule has 1 saturated carbocycles. The lowest BCUT2D eigenvalue weighted by molar-refractivity contribution is -0.134. The molecule has 1 heterocycles. The fraction of sp³-hybridized carbons (Fsp3) is 0.333. The molecule has 5 rings (SSSR count). The SMILES string of the molecule is Cc1cccc(C2c3cc(OC(C)C(=O)NCc4ccccc4)ccc3CCN2C(=O)C2CC2)c1. The number of benzene rings is 3. The van der Waals surface area contributed by atoms with Crippen LogP contribution in [0.4, 0.5) is 0 Å². The molecule has 5 nitrogen and oxygen atoms in total. The lowest BCUT2D eigenvalue weighted by Gasteiger charge is -2.38. The van der Waals surface area contributed by atoms with Gasteiger partial charge in [0.1, 0.15) is 5.75 Å². The molecule has 1 fully saturated rings. The van der Waals surface area contributed by atoms with Crippen molar-refractivity contribution in [1.82, 2.24) is 10.2 Å². The summed E-state index contributed by atoms with van der Waals surface area (Å²) in [5.41, 5.74) is 5.65. The summed E-state index contributed by atoms with van der Waals surface area (Å²) in [4.78, 5) is 27.9. The predicted octanol–water partition coefficient (Wildman–Crippen LogP) is 4.96. The van der Waals surface area contributed by atoms with Gasteiger partial charge in [-0.3, -0.25) is 9.59 Å². The first-order chi connectivity index (χ1) is 17.0. The highest BCUT2D eigenvalue weighted by molar-refractivity contribution is 5.82. The van der Waals surface area contributed by atoms with E-state index in [1.165, 1.54) is 11.1 Å². The number of nitrogens with one attached hydrogen (secondary N) is 1. The van der Waals surface area contributed by atoms with Gasteiger partial charge in [0.15, 0.2) is 6.10 Å². The van der Waals surface area contributed by atoms with Crippen LogP contribution in [0.25, 0.3) is 0 Å². The number of hydrogen-bond donors (Lipinski definition) is 1. The zero-order valence-electron chi connectivity index (χ0n) is 20.4. The normalized spacial score (nSPS) is 17.9. The summed E-state index contributed by atoms with van der Waals surface area (Å²) in [6.07, 6.45) is 2.16. The maximum absolute atomic E-state index is 13.2. The molecular weight excluding hydrogens is 436 g/mol. The van der Waals surface area contributed by atoms with Crippen molar-refractivity contribution in [1.29, 1.82) is 0 Å². The van der Waals surface area contributed by atoms with Crippen LogP contribution in [0.1, 0.15) is 53.6 Å². The molecule has 1 aliphatic heterocycles. The third-order valence-electron chi connectivity index (χ3n) is 6.90. The topological polar surface area (TPSA) is 58.6 Å². The molecule has 0 aromatic heterocycles. The molecule has 5 heteroatoms. The average Bonchev–Trinajstić information content (AvgIpc) is 3.72. The van der Waals surface area contributed by atoms with Gasteiger partial charge in [-0.25, -0.2) is 0 Å². The fourth-order valence-electron chi connectivity index (χ4n) is 4.85. The number of carbonyl (C=O) groups excluding carboxylic acids is 2. The maximum Gasteiger partial charge on any atom is 0.261 e. The highest BCUT2D eigenvalue weighted by atomic mass is 16.5. The Hall–Kier alpha value is -3.60. The molecule has 0 bridgehead atoms. The zero-order valence-corrected chi connectivity index (χ0v) is 20.4. The van der Waals surface area contributed by atoms with Crippen molar-refractivity contribution < 1.29 is 14.3 Å². The molecule has 2 amide bonds. The first-order valence-corrected chi connectivity index (χ1v) is 12.5. The van der Waals surface area contributed by atoms with Crippen molar-refractivity contribution in [2.75, 3.05) is 6.54 Å². The van der Waals surface area contributed by atoms with E-state index in [-0.39, 0.29) is 23.8 Å². The largest absolute Gasteiger partial charge is 0.481 e. The van der Waals surface area contributed by atoms with E-state index in [4.69, 9.17) is 4.74 Å². The Bertz CT molecular complexity index is 1220. The number of amides is 2. The fourth-order valence-corrected chi connectivity index (χ4v) is 4.85. The van der Waals surface area contributed by atoms with E-state index < -0.39 is 6.10 Å². The third kappa shape index (κ3) is 5.24. The Morgan fingerprint density at radius 2 is 1.83 bits per heavy atom. The van der Waals surface area contributed by atoms with Crippen molar-refractivity contribution in [3.05, 3.63) is 101 Å². The minimum atomic E-state index is -0.637. The molecule has 2 aliphatic rings. The highest BCUT2D eigenvalue weighted by Crippen LogP contribution is 2.41. The maximum atomic E-state index is 13.2. The van der Waals surface area contributed by atoms with Crippen LogP contribution in [0.3, 0.4) is 0 Å². The van der Waals surface area contributed by atoms with Crippen LogP contribution in [-0.4, -0.2) is 29.4 Å². The van der Waals surface area contributed by atoms with Crippen LogP contribution < -0.4 is 10.1 Å². The zero-order chi connectivity index (χ0) is 24.4. The molecular formula is C30H32N2O3. The quantitative estimate of drug-likeness (QED) is 0.533. The van der Waals surface area contributed by atoms with Crippen molar-refractivity contribution in [3.8, 4) is 5.75 Å². The van der Waals surface area contributed by atoms with Crippen LogP contribution in [-0.2, 0) is 22.6 Å². The first kappa shape index (κ1) is 23.2. The van der Waals surface area contributed by atoms with E-state index in [0.717, 1.165) is 42.5 Å². The van der Waals surface area contributed by atoms with Gasteiger partial charge in [0.05, 0.1) is 6.04 Å². The van der Waals surface area contributed by atoms with Gasteiger partial charge in [-0.1, -0.05) is 66.2 Å². The standard InChI is InChI=1S/C30H32N2O3/c1-20-7-6-10-25(17-20)28-27-18-26(14-13-23(27)15-16-32(28)30(34)24-11-12-24)35-21(2)29(33)31-19-22-8-4-3-5-9-22/h3-10,13-14,17-18,21,24,28H,11-12,15-16,19H2,1-2H3,(H,31,33). The third-order valence-corrected chi connectivity index (χ3v) is 6.90. The number of ether oxygens (including phenoxy) is 1. The molecule has 0 saturated heterocycles. The van der Waals surface area contributed by atoms with Gasteiger partial charge < -0.3 is 15.0 Å². The van der Waals surface area contributed by atoms with Gasteiger partial charge in [0.25, 0.3) is 5.91 Å². The summed E-state index contributed by atoms with van der Waals surface area (Å²) in [5.74, 6) is 0.899. The lowest BCUT2D eigenvalue weighted by atomic mass is 9.87. The molecule has 2 unspecified atom stereocenters. The number of aryl methyl sites for hydroxylation is 1. The highest BCUT2D eigenvalue weighted by Gasteiger charge is 2.39. The van der Waals surface area contributed by atoms with E-state index in [2.05, 4.69) is 47.5 Å². The minimum Gasteiger partial charge on any atom is -0.481 e. The number of nitrogens with zero attached hydrogens (tertiary/aromatic N) is 1. The Balaban J connectivity index is 1.37. The number of hydrogen-bond acceptors (Lipinski definition) is 3. The van der Waals surface area contributed by atoms with Crippen LogP contribution in [0.2, 0.25) is 0 Å². The van der Waals surface area contributed by atoms with E-state index in [1.807, 2.05) is 42.5 Å². The van der Waals surface area contributed by atoms with Crippen LogP contribution in [0, 0.1) is 12.8 Å². The molecule has 3 aromatic carbocycles. The average molecular weight is 469 g/mol. The smallest absolute Gasteiger partial charge is 0.261 e. The summed E-state index contributed by atoms with van der Waals surface area (Å²) < 4.78 is 6.08. The van der Waals surface area contributed by atoms with E-state index in [1.54, 1.807) is 6.92 Å². The van der Waals surface area contributed by atoms with Crippen molar-refractivity contribution >= 4 is 11.8 Å². The van der Waals surface area contributed by atoms with Crippen molar-refractivity contribution in [3.63, 3.8) is 0 Å². The summed E-state index contributed by atoms with van der Waals surface area (Å²) in [7, 11) is 0. The van der Waals surface area contributed by atoms with Crippen LogP contribution in [0.5, 0.6) is 5.75 Å². The number of fused-ring (bicyclic) bond motifs is 1. The summed E-state index contributed by atoms with van der Waals surface area (Å²) in [6, 6.07) is 24.1. The molecule has 1 aliphatic carbocycles. The second-order valence-corrected chi connectivity index (χ2v) is 9.70. The van der Waals surface area contributed by atoms with Crippen molar-refractivity contribution in [2.24, 2.45) is 5.92 Å². The number of carbonyl (C=O) groups is 2. The Kier molecular flexibility index (Phi) is 6.58. The molecule has 1 N–H and O–H groups in total. The van der Waals surface area contributed by atoms with Crippen LogP contribution in [0.15, 0.2) is 72.8 Å². The van der Waals surface area contributed by atoms with Gasteiger partial charge in [0, 0.05) is 19.0 Å². The van der Waals surface area contributed by atoms with Gasteiger partial charge in [0.2, 0.25) is 5.91 Å². The van der Waals surface area contributed by atoms with Gasteiger partial charge in [-0.05, 0) is 67.5 Å². The summed E-state index contributed by atoms with van der Waals surface area (Å²) in [5, 5.41) is 2.95. The Morgan fingerprint density at radius 3 is 2.57 bits per heavy atom. The summed E-state index contributed by atoms with van der Waals surface area (Å²) >= 11 is 0. The number of rotatable bonds is 7. The lowest BCUT2D eigenvalue weighted by Crippen LogP contribution is -2.41. The van der Waals surface area contributed by atoms with Gasteiger partial charge >= 0.3 is 0 Å². The molecule has 2 atom stereocenters. The molecule has 180 valence electrons. The monoisotopic (exact) mass is 468 g/mol. The van der Waals surface area contributed by atoms with Crippen molar-refractivity contribution in [2.45, 2.75) is 51.8 Å². The second kappa shape index (κ2) is 9.95. The minimum absolute atomic E-state index is 0.141. The molecule has 0 spiro atoms. The van der Waals surface area contributed by atoms with Gasteiger partial charge in [-0.15, -0.1) is 0 Å². The first-order valence-electron chi connectivity index (χ1n) is 12.5. The van der Waals surface area contributed by atoms with E-state index in [0.29, 0.717) is 12.3 Å². The van der Waals surface area contributed by atoms with E-state index >= 15 is 0 Å².